The Morgan fingerprint density at radius 3 is 2.85 bits per heavy atom. The number of nitrogens with two attached hydrogens (primary N) is 1. The Bertz CT molecular complexity index is 788. The molecule has 3 rings (SSSR count). The summed E-state index contributed by atoms with van der Waals surface area (Å²) in [6, 6.07) is 9.45. The molecule has 0 amide bonds. The first kappa shape index (κ1) is 12.2. The highest BCUT2D eigenvalue weighted by Gasteiger charge is 2.07. The Hall–Kier alpha value is -2.83. The Kier molecular flexibility index (Phi) is 2.86. The minimum absolute atomic E-state index is 0.291. The van der Waals surface area contributed by atoms with Crippen LogP contribution in [0.25, 0.3) is 5.65 Å². The fourth-order valence-electron chi connectivity index (χ4n) is 1.99. The highest BCUT2D eigenvalue weighted by molar-refractivity contribution is 5.50. The van der Waals surface area contributed by atoms with E-state index in [1.165, 1.54) is 10.7 Å². The predicted molar refractivity (Wildman–Crippen MR) is 76.6 cm³/mol. The second-order valence-electron chi connectivity index (χ2n) is 4.60. The molecule has 0 aliphatic heterocycles. The van der Waals surface area contributed by atoms with Gasteiger partial charge in [-0.15, -0.1) is 0 Å². The number of H-pyrrole nitrogens is 1. The lowest BCUT2D eigenvalue weighted by Crippen LogP contribution is -2.18. The molecule has 0 aliphatic carbocycles. The molecule has 0 aliphatic rings. The zero-order chi connectivity index (χ0) is 14.1. The average molecular weight is 270 g/mol. The first-order valence-corrected chi connectivity index (χ1v) is 6.12. The Balaban J connectivity index is 1.86. The molecule has 20 heavy (non-hydrogen) atoms. The third-order valence-electron chi connectivity index (χ3n) is 3.09. The van der Waals surface area contributed by atoms with Crippen LogP contribution >= 0.6 is 0 Å². The van der Waals surface area contributed by atoms with Gasteiger partial charge in [0.1, 0.15) is 12.1 Å². The van der Waals surface area contributed by atoms with Crippen molar-refractivity contribution in [3.8, 4) is 0 Å². The van der Waals surface area contributed by atoms with E-state index in [1.807, 2.05) is 36.2 Å². The number of hydrogen-bond donors (Lipinski definition) is 2. The van der Waals surface area contributed by atoms with Gasteiger partial charge in [0.2, 0.25) is 0 Å². The summed E-state index contributed by atoms with van der Waals surface area (Å²) in [7, 11) is 1.93. The molecule has 0 bridgehead atoms. The van der Waals surface area contributed by atoms with Crippen molar-refractivity contribution in [3.05, 3.63) is 52.7 Å². The molecule has 7 nitrogen and oxygen atoms in total. The molecule has 1 aromatic carbocycles. The summed E-state index contributed by atoms with van der Waals surface area (Å²) in [5.74, 6) is 0.744. The molecular formula is C13H14N6O. The predicted octanol–water partition coefficient (Wildman–Crippen LogP) is 0.636. The summed E-state index contributed by atoms with van der Waals surface area (Å²) in [4.78, 5) is 17.6. The van der Waals surface area contributed by atoms with Gasteiger partial charge in [-0.3, -0.25) is 0 Å². The van der Waals surface area contributed by atoms with E-state index in [0.29, 0.717) is 12.2 Å². The molecule has 0 saturated carbocycles. The minimum Gasteiger partial charge on any atom is -0.399 e. The van der Waals surface area contributed by atoms with Gasteiger partial charge in [0, 0.05) is 25.3 Å². The zero-order valence-electron chi connectivity index (χ0n) is 10.9. The number of anilines is 2. The number of aromatic nitrogens is 4. The first-order chi connectivity index (χ1) is 9.63. The number of nitrogens with one attached hydrogen (secondary N) is 1. The number of rotatable bonds is 3. The maximum atomic E-state index is 11.4. The van der Waals surface area contributed by atoms with Gasteiger partial charge in [0.15, 0.2) is 5.65 Å². The fourth-order valence-corrected chi connectivity index (χ4v) is 1.99. The fraction of sp³-hybridized carbons (Fsp3) is 0.154. The Morgan fingerprint density at radius 1 is 1.35 bits per heavy atom. The number of aromatic amines is 1. The molecule has 0 spiro atoms. The molecule has 0 atom stereocenters. The number of nitrogens with zero attached hydrogens (tertiary/aromatic N) is 4. The molecular weight excluding hydrogens is 256 g/mol. The Morgan fingerprint density at radius 2 is 2.10 bits per heavy atom. The van der Waals surface area contributed by atoms with Crippen molar-refractivity contribution >= 4 is 17.2 Å². The third kappa shape index (κ3) is 2.20. The number of fused-ring (bicyclic) bond motifs is 1. The van der Waals surface area contributed by atoms with Crippen molar-refractivity contribution in [2.45, 2.75) is 6.54 Å². The van der Waals surface area contributed by atoms with Crippen molar-refractivity contribution in [2.75, 3.05) is 17.7 Å². The normalized spacial score (nSPS) is 10.8. The molecule has 0 radical (unpaired) electrons. The zero-order valence-corrected chi connectivity index (χ0v) is 10.9. The van der Waals surface area contributed by atoms with Gasteiger partial charge in [-0.25, -0.2) is 19.3 Å². The summed E-state index contributed by atoms with van der Waals surface area (Å²) < 4.78 is 1.36. The van der Waals surface area contributed by atoms with Gasteiger partial charge in [-0.1, -0.05) is 12.1 Å². The lowest BCUT2D eigenvalue weighted by molar-refractivity contribution is 0.884. The van der Waals surface area contributed by atoms with Crippen molar-refractivity contribution in [1.82, 2.24) is 19.6 Å². The van der Waals surface area contributed by atoms with Crippen LogP contribution < -0.4 is 16.3 Å². The second kappa shape index (κ2) is 4.69. The van der Waals surface area contributed by atoms with Gasteiger partial charge in [0.25, 0.3) is 0 Å². The minimum atomic E-state index is -0.291. The standard InChI is InChI=1S/C13H14N6O/c1-18(7-9-2-4-10(14)5-3-9)11-6-12-16-17-13(20)19(12)8-15-11/h2-6,8H,7,14H2,1H3,(H,17,20). The number of hydrogen-bond acceptors (Lipinski definition) is 5. The molecule has 0 fully saturated rings. The molecule has 3 aromatic rings. The quantitative estimate of drug-likeness (QED) is 0.681. The van der Waals surface area contributed by atoms with E-state index in [1.54, 1.807) is 6.07 Å². The summed E-state index contributed by atoms with van der Waals surface area (Å²) in [6.07, 6.45) is 1.47. The van der Waals surface area contributed by atoms with Crippen LogP contribution in [0.3, 0.4) is 0 Å². The summed E-state index contributed by atoms with van der Waals surface area (Å²) in [5, 5.41) is 6.31. The van der Waals surface area contributed by atoms with Crippen LogP contribution in [-0.4, -0.2) is 26.6 Å². The maximum Gasteiger partial charge on any atom is 0.348 e. The van der Waals surface area contributed by atoms with Gasteiger partial charge in [-0.05, 0) is 17.7 Å². The van der Waals surface area contributed by atoms with Crippen LogP contribution in [0.5, 0.6) is 0 Å². The molecule has 102 valence electrons. The summed E-state index contributed by atoms with van der Waals surface area (Å²) in [5.41, 5.74) is 7.79. The van der Waals surface area contributed by atoms with Gasteiger partial charge in [0.05, 0.1) is 0 Å². The summed E-state index contributed by atoms with van der Waals surface area (Å²) >= 11 is 0. The van der Waals surface area contributed by atoms with E-state index in [2.05, 4.69) is 15.2 Å². The van der Waals surface area contributed by atoms with Crippen molar-refractivity contribution in [3.63, 3.8) is 0 Å². The smallest absolute Gasteiger partial charge is 0.348 e. The van der Waals surface area contributed by atoms with E-state index < -0.39 is 0 Å². The highest BCUT2D eigenvalue weighted by Crippen LogP contribution is 2.14. The third-order valence-corrected chi connectivity index (χ3v) is 3.09. The largest absolute Gasteiger partial charge is 0.399 e. The van der Waals surface area contributed by atoms with Crippen molar-refractivity contribution in [2.24, 2.45) is 0 Å². The SMILES string of the molecule is CN(Cc1ccc(N)cc1)c1cc2n[nH]c(=O)n2cn1. The van der Waals surface area contributed by atoms with Crippen molar-refractivity contribution < 1.29 is 0 Å². The Labute approximate surface area is 114 Å². The lowest BCUT2D eigenvalue weighted by Gasteiger charge is -2.18. The van der Waals surface area contributed by atoms with Crippen LogP contribution in [0.2, 0.25) is 0 Å². The van der Waals surface area contributed by atoms with Crippen LogP contribution in [0, 0.1) is 0 Å². The molecule has 3 N–H and O–H groups in total. The van der Waals surface area contributed by atoms with Crippen LogP contribution in [0.15, 0.2) is 41.5 Å². The lowest BCUT2D eigenvalue weighted by atomic mass is 10.2. The van der Waals surface area contributed by atoms with Gasteiger partial charge >= 0.3 is 5.69 Å². The van der Waals surface area contributed by atoms with Gasteiger partial charge in [-0.2, -0.15) is 5.10 Å². The number of benzene rings is 1. The second-order valence-corrected chi connectivity index (χ2v) is 4.60. The molecule has 0 saturated heterocycles. The summed E-state index contributed by atoms with van der Waals surface area (Å²) in [6.45, 7) is 0.693. The molecule has 2 aromatic heterocycles. The van der Waals surface area contributed by atoms with E-state index in [4.69, 9.17) is 5.73 Å². The maximum absolute atomic E-state index is 11.4. The van der Waals surface area contributed by atoms with Crippen LogP contribution in [0.4, 0.5) is 11.5 Å². The first-order valence-electron chi connectivity index (χ1n) is 6.12. The van der Waals surface area contributed by atoms with Crippen molar-refractivity contribution in [1.29, 1.82) is 0 Å². The highest BCUT2D eigenvalue weighted by atomic mass is 16.1. The molecule has 0 unspecified atom stereocenters. The van der Waals surface area contributed by atoms with Gasteiger partial charge < -0.3 is 10.6 Å². The monoisotopic (exact) mass is 270 g/mol. The molecule has 7 heteroatoms. The topological polar surface area (TPSA) is 92.3 Å². The van der Waals surface area contributed by atoms with E-state index in [0.717, 1.165) is 17.1 Å². The van der Waals surface area contributed by atoms with E-state index in [9.17, 15) is 4.79 Å². The van der Waals surface area contributed by atoms with E-state index in [-0.39, 0.29) is 5.69 Å². The van der Waals surface area contributed by atoms with Crippen LogP contribution in [0.1, 0.15) is 5.56 Å². The molecule has 2 heterocycles. The number of nitrogen functional groups attached to an aromatic ring is 1. The van der Waals surface area contributed by atoms with Crippen LogP contribution in [-0.2, 0) is 6.54 Å². The van der Waals surface area contributed by atoms with E-state index >= 15 is 0 Å². The average Bonchev–Trinajstić information content (AvgIpc) is 2.82.